The van der Waals surface area contributed by atoms with Gasteiger partial charge in [0.05, 0.1) is 23.3 Å². The van der Waals surface area contributed by atoms with Crippen LogP contribution in [0.3, 0.4) is 0 Å². The van der Waals surface area contributed by atoms with Crippen LogP contribution in [0.5, 0.6) is 0 Å². The summed E-state index contributed by atoms with van der Waals surface area (Å²) < 4.78 is 13.8. The second-order valence-corrected chi connectivity index (χ2v) is 5.15. The first-order chi connectivity index (χ1) is 8.56. The van der Waals surface area contributed by atoms with Crippen LogP contribution in [0.2, 0.25) is 0 Å². The van der Waals surface area contributed by atoms with E-state index in [1.165, 1.54) is 12.1 Å². The van der Waals surface area contributed by atoms with Gasteiger partial charge in [-0.25, -0.2) is 4.39 Å². The lowest BCUT2D eigenvalue weighted by Crippen LogP contribution is -2.11. The number of benzene rings is 1. The zero-order chi connectivity index (χ0) is 13.1. The molecule has 0 radical (unpaired) electrons. The van der Waals surface area contributed by atoms with Crippen LogP contribution in [0.1, 0.15) is 5.69 Å². The molecule has 18 heavy (non-hydrogen) atoms. The van der Waals surface area contributed by atoms with Crippen LogP contribution in [-0.2, 0) is 0 Å². The van der Waals surface area contributed by atoms with Gasteiger partial charge in [0.2, 0.25) is 0 Å². The summed E-state index contributed by atoms with van der Waals surface area (Å²) in [6.07, 6.45) is 1.63. The first-order valence-corrected chi connectivity index (χ1v) is 6.53. The molecule has 0 bridgehead atoms. The molecular formula is C12H9FIN3S. The van der Waals surface area contributed by atoms with Crippen molar-refractivity contribution in [3.8, 4) is 0 Å². The SMILES string of the molecule is NC(=S)c1ccc(Nc2ccc(F)cc2I)cn1. The third-order valence-corrected chi connectivity index (χ3v) is 3.33. The number of nitrogens with two attached hydrogens (primary N) is 1. The van der Waals surface area contributed by atoms with Gasteiger partial charge in [-0.2, -0.15) is 0 Å². The molecule has 0 spiro atoms. The summed E-state index contributed by atoms with van der Waals surface area (Å²) in [4.78, 5) is 4.38. The van der Waals surface area contributed by atoms with Crippen molar-refractivity contribution >= 4 is 51.2 Å². The van der Waals surface area contributed by atoms with Crippen molar-refractivity contribution in [2.75, 3.05) is 5.32 Å². The number of halogens is 2. The van der Waals surface area contributed by atoms with E-state index in [0.29, 0.717) is 5.69 Å². The van der Waals surface area contributed by atoms with Crippen molar-refractivity contribution in [1.29, 1.82) is 0 Å². The minimum atomic E-state index is -0.257. The molecule has 0 atom stereocenters. The lowest BCUT2D eigenvalue weighted by molar-refractivity contribution is 0.627. The fourth-order valence-electron chi connectivity index (χ4n) is 1.36. The zero-order valence-corrected chi connectivity index (χ0v) is 12.1. The standard InChI is InChI=1S/C12H9FIN3S/c13-7-1-3-10(9(14)5-7)17-8-2-4-11(12(15)18)16-6-8/h1-6,17H,(H2,15,18). The van der Waals surface area contributed by atoms with Crippen LogP contribution >= 0.6 is 34.8 Å². The highest BCUT2D eigenvalue weighted by molar-refractivity contribution is 14.1. The van der Waals surface area contributed by atoms with Gasteiger partial charge >= 0.3 is 0 Å². The van der Waals surface area contributed by atoms with Crippen LogP contribution in [-0.4, -0.2) is 9.97 Å². The number of hydrogen-bond acceptors (Lipinski definition) is 3. The summed E-state index contributed by atoms with van der Waals surface area (Å²) in [7, 11) is 0. The van der Waals surface area contributed by atoms with E-state index in [1.807, 2.05) is 6.07 Å². The minimum Gasteiger partial charge on any atom is -0.388 e. The number of thiocarbonyl (C=S) groups is 1. The fourth-order valence-corrected chi connectivity index (χ4v) is 2.09. The van der Waals surface area contributed by atoms with Crippen LogP contribution in [0.15, 0.2) is 36.5 Å². The summed E-state index contributed by atoms with van der Waals surface area (Å²) in [5.74, 6) is -0.257. The summed E-state index contributed by atoms with van der Waals surface area (Å²) in [6, 6.07) is 8.10. The average Bonchev–Trinajstić information content (AvgIpc) is 2.33. The maximum Gasteiger partial charge on any atom is 0.124 e. The zero-order valence-electron chi connectivity index (χ0n) is 9.15. The second kappa shape index (κ2) is 5.57. The van der Waals surface area contributed by atoms with Crippen LogP contribution < -0.4 is 11.1 Å². The van der Waals surface area contributed by atoms with E-state index in [1.54, 1.807) is 18.3 Å². The highest BCUT2D eigenvalue weighted by Crippen LogP contribution is 2.23. The molecule has 92 valence electrons. The second-order valence-electron chi connectivity index (χ2n) is 3.55. The molecule has 2 rings (SSSR count). The van der Waals surface area contributed by atoms with Crippen LogP contribution in [0.25, 0.3) is 0 Å². The lowest BCUT2D eigenvalue weighted by Gasteiger charge is -2.08. The molecule has 6 heteroatoms. The van der Waals surface area contributed by atoms with Crippen molar-refractivity contribution in [1.82, 2.24) is 4.98 Å². The van der Waals surface area contributed by atoms with E-state index in [0.717, 1.165) is 14.9 Å². The van der Waals surface area contributed by atoms with E-state index in [9.17, 15) is 4.39 Å². The first kappa shape index (κ1) is 13.2. The van der Waals surface area contributed by atoms with Crippen molar-refractivity contribution < 1.29 is 4.39 Å². The summed E-state index contributed by atoms with van der Waals surface area (Å²) in [6.45, 7) is 0. The molecule has 3 nitrogen and oxygen atoms in total. The van der Waals surface area contributed by atoms with Gasteiger partial charge < -0.3 is 11.1 Å². The van der Waals surface area contributed by atoms with Crippen molar-refractivity contribution in [2.45, 2.75) is 0 Å². The first-order valence-electron chi connectivity index (χ1n) is 5.04. The van der Waals surface area contributed by atoms with Crippen molar-refractivity contribution in [2.24, 2.45) is 5.73 Å². The van der Waals surface area contributed by atoms with Gasteiger partial charge in [-0.05, 0) is 52.9 Å². The lowest BCUT2D eigenvalue weighted by atomic mass is 10.3. The smallest absolute Gasteiger partial charge is 0.124 e. The number of anilines is 2. The molecule has 0 aliphatic rings. The molecule has 2 aromatic rings. The summed E-state index contributed by atoms with van der Waals surface area (Å²) >= 11 is 6.89. The predicted octanol–water partition coefficient (Wildman–Crippen LogP) is 3.20. The number of hydrogen-bond donors (Lipinski definition) is 2. The number of nitrogens with zero attached hydrogens (tertiary/aromatic N) is 1. The van der Waals surface area contributed by atoms with Gasteiger partial charge in [0.1, 0.15) is 10.8 Å². The van der Waals surface area contributed by atoms with Gasteiger partial charge in [-0.1, -0.05) is 12.2 Å². The molecule has 0 aliphatic heterocycles. The Morgan fingerprint density at radius 2 is 2.11 bits per heavy atom. The Labute approximate surface area is 123 Å². The average molecular weight is 373 g/mol. The van der Waals surface area contributed by atoms with E-state index >= 15 is 0 Å². The molecule has 0 fully saturated rings. The maximum absolute atomic E-state index is 13.0. The van der Waals surface area contributed by atoms with Crippen molar-refractivity contribution in [3.05, 3.63) is 51.6 Å². The molecule has 0 saturated carbocycles. The Kier molecular flexibility index (Phi) is 4.07. The minimum absolute atomic E-state index is 0.257. The Bertz CT molecular complexity index is 586. The van der Waals surface area contributed by atoms with Gasteiger partial charge in [0.15, 0.2) is 0 Å². The molecule has 0 aliphatic carbocycles. The van der Waals surface area contributed by atoms with E-state index in [2.05, 4.69) is 32.9 Å². The van der Waals surface area contributed by atoms with Crippen molar-refractivity contribution in [3.63, 3.8) is 0 Å². The normalized spacial score (nSPS) is 10.1. The molecule has 1 aromatic heterocycles. The third kappa shape index (κ3) is 3.14. The van der Waals surface area contributed by atoms with Crippen LogP contribution in [0, 0.1) is 9.39 Å². The highest BCUT2D eigenvalue weighted by Gasteiger charge is 2.03. The highest BCUT2D eigenvalue weighted by atomic mass is 127. The maximum atomic E-state index is 13.0. The summed E-state index contributed by atoms with van der Waals surface area (Å²) in [5, 5.41) is 3.14. The van der Waals surface area contributed by atoms with E-state index in [4.69, 9.17) is 18.0 Å². The van der Waals surface area contributed by atoms with E-state index in [-0.39, 0.29) is 10.8 Å². The Morgan fingerprint density at radius 1 is 1.33 bits per heavy atom. The molecule has 1 heterocycles. The number of rotatable bonds is 3. The molecule has 3 N–H and O–H groups in total. The molecule has 0 saturated heterocycles. The molecule has 0 unspecified atom stereocenters. The molecule has 0 amide bonds. The summed E-state index contributed by atoms with van der Waals surface area (Å²) in [5.41, 5.74) is 7.65. The van der Waals surface area contributed by atoms with E-state index < -0.39 is 0 Å². The number of aromatic nitrogens is 1. The molecular weight excluding hydrogens is 364 g/mol. The van der Waals surface area contributed by atoms with Gasteiger partial charge in [0.25, 0.3) is 0 Å². The van der Waals surface area contributed by atoms with Gasteiger partial charge in [-0.15, -0.1) is 0 Å². The molecule has 1 aromatic carbocycles. The quantitative estimate of drug-likeness (QED) is 0.641. The Hall–Kier alpha value is -1.28. The van der Waals surface area contributed by atoms with Gasteiger partial charge in [-0.3, -0.25) is 4.98 Å². The number of nitrogens with one attached hydrogen (secondary N) is 1. The third-order valence-electron chi connectivity index (χ3n) is 2.23. The monoisotopic (exact) mass is 373 g/mol. The van der Waals surface area contributed by atoms with Gasteiger partial charge in [0, 0.05) is 3.57 Å². The predicted molar refractivity (Wildman–Crippen MR) is 82.5 cm³/mol. The Balaban J connectivity index is 2.21. The topological polar surface area (TPSA) is 50.9 Å². The largest absolute Gasteiger partial charge is 0.388 e. The fraction of sp³-hybridized carbons (Fsp3) is 0. The van der Waals surface area contributed by atoms with Crippen LogP contribution in [0.4, 0.5) is 15.8 Å². The number of pyridine rings is 1. The Morgan fingerprint density at radius 3 is 2.67 bits per heavy atom.